The third-order valence-corrected chi connectivity index (χ3v) is 3.63. The normalized spacial score (nSPS) is 10.6. The first-order valence-corrected chi connectivity index (χ1v) is 7.98. The van der Waals surface area contributed by atoms with E-state index >= 15 is 0 Å². The highest BCUT2D eigenvalue weighted by atomic mass is 32.1. The minimum Gasteiger partial charge on any atom is -0.486 e. The fourth-order valence-corrected chi connectivity index (χ4v) is 2.35. The molecular weight excluding hydrogens is 284 g/mol. The number of benzene rings is 1. The molecule has 1 amide bonds. The van der Waals surface area contributed by atoms with Crippen LogP contribution in [0.3, 0.4) is 0 Å². The van der Waals surface area contributed by atoms with Crippen LogP contribution in [-0.4, -0.2) is 17.4 Å². The Labute approximate surface area is 129 Å². The summed E-state index contributed by atoms with van der Waals surface area (Å²) in [5.74, 6) is 1.07. The lowest BCUT2D eigenvalue weighted by atomic mass is 10.1. The zero-order chi connectivity index (χ0) is 15.1. The smallest absolute Gasteiger partial charge is 0.255 e. The Bertz CT molecular complexity index is 567. The molecule has 2 aromatic rings. The van der Waals surface area contributed by atoms with Gasteiger partial charge in [0.15, 0.2) is 0 Å². The van der Waals surface area contributed by atoms with E-state index < -0.39 is 0 Å². The van der Waals surface area contributed by atoms with E-state index in [1.165, 1.54) is 11.3 Å². The van der Waals surface area contributed by atoms with E-state index in [4.69, 9.17) is 4.74 Å². The van der Waals surface area contributed by atoms with Crippen LogP contribution in [0.25, 0.3) is 0 Å². The first-order valence-electron chi connectivity index (χ1n) is 7.04. The van der Waals surface area contributed by atoms with Gasteiger partial charge in [0, 0.05) is 11.9 Å². The molecule has 5 heteroatoms. The summed E-state index contributed by atoms with van der Waals surface area (Å²) in [5, 5.41) is 4.87. The number of carbonyl (C=O) groups is 1. The maximum absolute atomic E-state index is 12.2. The molecule has 21 heavy (non-hydrogen) atoms. The number of amides is 1. The second kappa shape index (κ2) is 7.78. The number of hydrogen-bond donors (Lipinski definition) is 1. The lowest BCUT2D eigenvalue weighted by Gasteiger charge is -2.11. The van der Waals surface area contributed by atoms with E-state index in [9.17, 15) is 4.79 Å². The summed E-state index contributed by atoms with van der Waals surface area (Å²) < 4.78 is 5.71. The molecule has 0 atom stereocenters. The van der Waals surface area contributed by atoms with E-state index in [0.717, 1.165) is 12.1 Å². The predicted octanol–water partition coefficient (Wildman–Crippen LogP) is 3.50. The number of rotatable bonds is 7. The molecule has 0 saturated carbocycles. The second-order valence-corrected chi connectivity index (χ2v) is 5.92. The minimum atomic E-state index is -0.0930. The van der Waals surface area contributed by atoms with Crippen molar-refractivity contribution in [2.24, 2.45) is 5.92 Å². The van der Waals surface area contributed by atoms with Crippen molar-refractivity contribution < 1.29 is 9.53 Å². The largest absolute Gasteiger partial charge is 0.486 e. The molecule has 1 aromatic heterocycles. The van der Waals surface area contributed by atoms with Crippen molar-refractivity contribution in [3.63, 3.8) is 0 Å². The summed E-state index contributed by atoms with van der Waals surface area (Å²) in [6, 6.07) is 7.29. The molecule has 0 unspecified atom stereocenters. The third-order valence-electron chi connectivity index (χ3n) is 3.00. The number of nitrogens with one attached hydrogen (secondary N) is 1. The van der Waals surface area contributed by atoms with Gasteiger partial charge < -0.3 is 10.1 Å². The molecule has 1 heterocycles. The average molecular weight is 304 g/mol. The molecular formula is C16H20N2O2S. The van der Waals surface area contributed by atoms with Crippen LogP contribution in [0.4, 0.5) is 0 Å². The maximum atomic E-state index is 12.2. The fourth-order valence-electron chi connectivity index (χ4n) is 1.81. The number of carbonyl (C=O) groups excluding carboxylic acids is 1. The van der Waals surface area contributed by atoms with Gasteiger partial charge in [-0.2, -0.15) is 0 Å². The molecule has 0 spiro atoms. The van der Waals surface area contributed by atoms with Crippen molar-refractivity contribution >= 4 is 17.2 Å². The molecule has 2 rings (SSSR count). The predicted molar refractivity (Wildman–Crippen MR) is 84.7 cm³/mol. The fraction of sp³-hybridized carbons (Fsp3) is 0.375. The molecule has 0 aliphatic carbocycles. The van der Waals surface area contributed by atoms with Crippen molar-refractivity contribution in [3.05, 3.63) is 46.4 Å². The van der Waals surface area contributed by atoms with Gasteiger partial charge in [0.2, 0.25) is 0 Å². The third kappa shape index (κ3) is 4.86. The lowest BCUT2D eigenvalue weighted by molar-refractivity contribution is 0.0947. The molecule has 0 radical (unpaired) electrons. The van der Waals surface area contributed by atoms with E-state index in [0.29, 0.717) is 30.4 Å². The van der Waals surface area contributed by atoms with E-state index in [-0.39, 0.29) is 5.91 Å². The summed E-state index contributed by atoms with van der Waals surface area (Å²) in [7, 11) is 0. The van der Waals surface area contributed by atoms with Crippen LogP contribution in [0.2, 0.25) is 0 Å². The molecule has 0 fully saturated rings. The quantitative estimate of drug-likeness (QED) is 0.852. The molecule has 0 aliphatic heterocycles. The zero-order valence-corrected chi connectivity index (χ0v) is 13.2. The summed E-state index contributed by atoms with van der Waals surface area (Å²) in [6.07, 6.45) is 0.966. The van der Waals surface area contributed by atoms with Crippen molar-refractivity contribution in [1.29, 1.82) is 0 Å². The van der Waals surface area contributed by atoms with E-state index in [2.05, 4.69) is 24.1 Å². The van der Waals surface area contributed by atoms with Gasteiger partial charge in [0.05, 0.1) is 16.8 Å². The Morgan fingerprint density at radius 2 is 2.19 bits per heavy atom. The van der Waals surface area contributed by atoms with E-state index in [1.807, 2.05) is 23.6 Å². The minimum absolute atomic E-state index is 0.0930. The molecule has 1 aromatic carbocycles. The Balaban J connectivity index is 1.97. The average Bonchev–Trinajstić information content (AvgIpc) is 2.98. The Morgan fingerprint density at radius 1 is 1.38 bits per heavy atom. The molecule has 112 valence electrons. The van der Waals surface area contributed by atoms with Crippen LogP contribution in [0, 0.1) is 5.92 Å². The zero-order valence-electron chi connectivity index (χ0n) is 12.3. The van der Waals surface area contributed by atoms with Crippen LogP contribution < -0.4 is 10.1 Å². The number of ether oxygens (including phenoxy) is 1. The van der Waals surface area contributed by atoms with Gasteiger partial charge in [-0.1, -0.05) is 26.0 Å². The van der Waals surface area contributed by atoms with E-state index in [1.54, 1.807) is 11.6 Å². The molecule has 0 aliphatic rings. The van der Waals surface area contributed by atoms with Gasteiger partial charge in [-0.05, 0) is 24.5 Å². The topological polar surface area (TPSA) is 51.2 Å². The summed E-state index contributed by atoms with van der Waals surface area (Å²) in [5.41, 5.74) is 3.20. The van der Waals surface area contributed by atoms with Crippen molar-refractivity contribution in [2.75, 3.05) is 6.54 Å². The standard InChI is InChI=1S/C16H20N2O2S/c1-12(2)7-8-17-16(19)14-5-3-4-6-15(14)20-9-13-10-21-11-18-13/h3-6,10-12H,7-9H2,1-2H3,(H,17,19). The molecule has 1 N–H and O–H groups in total. The number of nitrogens with zero attached hydrogens (tertiary/aromatic N) is 1. The van der Waals surface area contributed by atoms with Crippen molar-refractivity contribution in [1.82, 2.24) is 10.3 Å². The van der Waals surface area contributed by atoms with Crippen molar-refractivity contribution in [3.8, 4) is 5.75 Å². The van der Waals surface area contributed by atoms with Gasteiger partial charge >= 0.3 is 0 Å². The van der Waals surface area contributed by atoms with Crippen LogP contribution in [0.5, 0.6) is 5.75 Å². The first-order chi connectivity index (χ1) is 10.2. The highest BCUT2D eigenvalue weighted by Gasteiger charge is 2.12. The summed E-state index contributed by atoms with van der Waals surface area (Å²) in [6.45, 7) is 5.32. The number of aromatic nitrogens is 1. The monoisotopic (exact) mass is 304 g/mol. The van der Waals surface area contributed by atoms with Crippen LogP contribution in [0.15, 0.2) is 35.2 Å². The van der Waals surface area contributed by atoms with Crippen molar-refractivity contribution in [2.45, 2.75) is 26.9 Å². The Morgan fingerprint density at radius 3 is 2.90 bits per heavy atom. The first kappa shape index (κ1) is 15.5. The molecule has 0 saturated heterocycles. The van der Waals surface area contributed by atoms with Gasteiger partial charge in [-0.15, -0.1) is 11.3 Å². The highest BCUT2D eigenvalue weighted by molar-refractivity contribution is 7.07. The Hall–Kier alpha value is -1.88. The number of para-hydroxylation sites is 1. The van der Waals surface area contributed by atoms with Gasteiger partial charge in [0.25, 0.3) is 5.91 Å². The van der Waals surface area contributed by atoms with Crippen LogP contribution in [0.1, 0.15) is 36.3 Å². The van der Waals surface area contributed by atoms with Gasteiger partial charge in [-0.25, -0.2) is 4.98 Å². The second-order valence-electron chi connectivity index (χ2n) is 5.20. The lowest BCUT2D eigenvalue weighted by Crippen LogP contribution is -2.25. The molecule has 4 nitrogen and oxygen atoms in total. The molecule has 0 bridgehead atoms. The number of thiazole rings is 1. The van der Waals surface area contributed by atoms with Crippen LogP contribution in [-0.2, 0) is 6.61 Å². The highest BCUT2D eigenvalue weighted by Crippen LogP contribution is 2.19. The van der Waals surface area contributed by atoms with Gasteiger partial charge in [-0.3, -0.25) is 4.79 Å². The SMILES string of the molecule is CC(C)CCNC(=O)c1ccccc1OCc1cscn1. The van der Waals surface area contributed by atoms with Crippen LogP contribution >= 0.6 is 11.3 Å². The summed E-state index contributed by atoms with van der Waals surface area (Å²) >= 11 is 1.53. The summed E-state index contributed by atoms with van der Waals surface area (Å²) in [4.78, 5) is 16.4. The number of hydrogen-bond acceptors (Lipinski definition) is 4. The maximum Gasteiger partial charge on any atom is 0.255 e. The van der Waals surface area contributed by atoms with Gasteiger partial charge in [0.1, 0.15) is 12.4 Å². The Kier molecular flexibility index (Phi) is 5.75.